The molecule has 0 bridgehead atoms. The molecule has 2 saturated heterocycles. The minimum absolute atomic E-state index is 0. The molecule has 3 heterocycles. The van der Waals surface area contributed by atoms with E-state index in [1.54, 1.807) is 13.4 Å². The van der Waals surface area contributed by atoms with Gasteiger partial charge in [0.25, 0.3) is 0 Å². The molecule has 8 nitrogen and oxygen atoms in total. The smallest absolute Gasteiger partial charge is 0.191 e. The maximum atomic E-state index is 5.44. The summed E-state index contributed by atoms with van der Waals surface area (Å²) in [5, 5.41) is 7.18. The Labute approximate surface area is 204 Å². The van der Waals surface area contributed by atoms with Crippen molar-refractivity contribution in [1.29, 1.82) is 0 Å². The first-order valence-electron chi connectivity index (χ1n) is 11.4. The van der Waals surface area contributed by atoms with Crippen LogP contribution in [0.15, 0.2) is 27.8 Å². The van der Waals surface area contributed by atoms with Crippen LogP contribution >= 0.6 is 24.0 Å². The van der Waals surface area contributed by atoms with E-state index in [0.29, 0.717) is 6.04 Å². The Morgan fingerprint density at radius 1 is 1.16 bits per heavy atom. The van der Waals surface area contributed by atoms with Gasteiger partial charge in [-0.05, 0) is 31.4 Å². The maximum absolute atomic E-state index is 5.44. The SMILES string of the molecule is COCCCN1CCC(NC(=NCCN2CCOCC2)NCCc2ccco2)CC1.I. The average molecular weight is 549 g/mol. The van der Waals surface area contributed by atoms with Gasteiger partial charge in [-0.15, -0.1) is 24.0 Å². The number of ether oxygens (including phenoxy) is 2. The first-order chi connectivity index (χ1) is 14.8. The predicted octanol–water partition coefficient (Wildman–Crippen LogP) is 1.81. The number of hydrogen-bond acceptors (Lipinski definition) is 6. The first-order valence-corrected chi connectivity index (χ1v) is 11.4. The van der Waals surface area contributed by atoms with Gasteiger partial charge in [-0.3, -0.25) is 9.89 Å². The van der Waals surface area contributed by atoms with Gasteiger partial charge in [0, 0.05) is 72.0 Å². The number of morpholine rings is 1. The van der Waals surface area contributed by atoms with Crippen LogP contribution in [0.4, 0.5) is 0 Å². The molecule has 0 amide bonds. The van der Waals surface area contributed by atoms with Gasteiger partial charge >= 0.3 is 0 Å². The second kappa shape index (κ2) is 15.8. The van der Waals surface area contributed by atoms with E-state index in [4.69, 9.17) is 18.9 Å². The molecular weight excluding hydrogens is 509 g/mol. The lowest BCUT2D eigenvalue weighted by Crippen LogP contribution is -2.49. The largest absolute Gasteiger partial charge is 0.469 e. The molecule has 2 fully saturated rings. The van der Waals surface area contributed by atoms with Crippen molar-refractivity contribution in [1.82, 2.24) is 20.4 Å². The summed E-state index contributed by atoms with van der Waals surface area (Å²) in [4.78, 5) is 9.82. The number of hydrogen-bond donors (Lipinski definition) is 2. The maximum Gasteiger partial charge on any atom is 0.191 e. The van der Waals surface area contributed by atoms with Crippen LogP contribution in [-0.4, -0.2) is 101 Å². The number of rotatable bonds is 11. The van der Waals surface area contributed by atoms with Crippen LogP contribution in [-0.2, 0) is 15.9 Å². The Hall–Kier alpha value is -0.880. The number of nitrogens with one attached hydrogen (secondary N) is 2. The highest BCUT2D eigenvalue weighted by Crippen LogP contribution is 2.10. The fourth-order valence-corrected chi connectivity index (χ4v) is 3.97. The van der Waals surface area contributed by atoms with E-state index in [2.05, 4.69) is 20.4 Å². The quantitative estimate of drug-likeness (QED) is 0.189. The summed E-state index contributed by atoms with van der Waals surface area (Å²) >= 11 is 0. The van der Waals surface area contributed by atoms with E-state index in [1.807, 2.05) is 12.1 Å². The van der Waals surface area contributed by atoms with Gasteiger partial charge in [-0.2, -0.15) is 0 Å². The molecule has 9 heteroatoms. The fourth-order valence-electron chi connectivity index (χ4n) is 3.97. The highest BCUT2D eigenvalue weighted by molar-refractivity contribution is 14.0. The number of likely N-dealkylation sites (tertiary alicyclic amines) is 1. The lowest BCUT2D eigenvalue weighted by molar-refractivity contribution is 0.0394. The number of aliphatic imine (C=N–C) groups is 1. The Balaban J connectivity index is 0.00000341. The van der Waals surface area contributed by atoms with Crippen LogP contribution in [0.25, 0.3) is 0 Å². The van der Waals surface area contributed by atoms with E-state index in [1.165, 1.54) is 0 Å². The molecule has 2 aliphatic heterocycles. The van der Waals surface area contributed by atoms with E-state index in [0.717, 1.165) is 110 Å². The van der Waals surface area contributed by atoms with Crippen molar-refractivity contribution >= 4 is 29.9 Å². The zero-order chi connectivity index (χ0) is 20.9. The fraction of sp³-hybridized carbons (Fsp3) is 0.773. The third-order valence-corrected chi connectivity index (χ3v) is 5.79. The molecule has 0 atom stereocenters. The average Bonchev–Trinajstić information content (AvgIpc) is 3.29. The van der Waals surface area contributed by atoms with Crippen molar-refractivity contribution in [3.05, 3.63) is 24.2 Å². The summed E-state index contributed by atoms with van der Waals surface area (Å²) < 4.78 is 16.1. The molecule has 0 radical (unpaired) electrons. The van der Waals surface area contributed by atoms with Gasteiger partial charge in [0.2, 0.25) is 0 Å². The first kappa shape index (κ1) is 26.4. The third-order valence-electron chi connectivity index (χ3n) is 5.79. The summed E-state index contributed by atoms with van der Waals surface area (Å²) in [6.45, 7) is 10.5. The molecule has 0 aliphatic carbocycles. The third kappa shape index (κ3) is 10.5. The summed E-state index contributed by atoms with van der Waals surface area (Å²) in [7, 11) is 1.77. The molecule has 178 valence electrons. The molecule has 0 spiro atoms. The molecule has 0 saturated carbocycles. The Bertz CT molecular complexity index is 588. The van der Waals surface area contributed by atoms with Gasteiger partial charge < -0.3 is 29.4 Å². The van der Waals surface area contributed by atoms with Crippen LogP contribution in [0.5, 0.6) is 0 Å². The molecule has 1 aromatic rings. The number of nitrogens with zero attached hydrogens (tertiary/aromatic N) is 3. The molecule has 2 aliphatic rings. The van der Waals surface area contributed by atoms with Crippen LogP contribution in [0.2, 0.25) is 0 Å². The standard InChI is InChI=1S/C22H39N5O3.HI/c1-28-16-3-10-26-11-6-20(7-12-26)25-22(23-8-5-21-4-2-17-30-21)24-9-13-27-14-18-29-19-15-27;/h2,4,17,20H,3,5-16,18-19H2,1H3,(H2,23,24,25);1H. The van der Waals surface area contributed by atoms with Crippen LogP contribution in [0, 0.1) is 0 Å². The second-order valence-electron chi connectivity index (χ2n) is 8.05. The van der Waals surface area contributed by atoms with E-state index in [-0.39, 0.29) is 24.0 Å². The number of piperidine rings is 1. The summed E-state index contributed by atoms with van der Waals surface area (Å²) in [5.41, 5.74) is 0. The van der Waals surface area contributed by atoms with E-state index < -0.39 is 0 Å². The topological polar surface area (TPSA) is 74.5 Å². The number of halogens is 1. The van der Waals surface area contributed by atoms with Crippen molar-refractivity contribution < 1.29 is 13.9 Å². The number of guanidine groups is 1. The number of furan rings is 1. The molecule has 31 heavy (non-hydrogen) atoms. The van der Waals surface area contributed by atoms with Gasteiger partial charge in [0.05, 0.1) is 26.0 Å². The zero-order valence-electron chi connectivity index (χ0n) is 18.9. The Morgan fingerprint density at radius 3 is 2.65 bits per heavy atom. The Kier molecular flexibility index (Phi) is 13.5. The molecule has 0 aromatic carbocycles. The van der Waals surface area contributed by atoms with Gasteiger partial charge in [0.1, 0.15) is 5.76 Å². The van der Waals surface area contributed by atoms with Crippen molar-refractivity contribution in [3.8, 4) is 0 Å². The van der Waals surface area contributed by atoms with Crippen molar-refractivity contribution in [2.75, 3.05) is 79.3 Å². The van der Waals surface area contributed by atoms with E-state index >= 15 is 0 Å². The van der Waals surface area contributed by atoms with Gasteiger partial charge in [0.15, 0.2) is 5.96 Å². The van der Waals surface area contributed by atoms with Crippen molar-refractivity contribution in [2.45, 2.75) is 31.7 Å². The number of methoxy groups -OCH3 is 1. The molecule has 2 N–H and O–H groups in total. The monoisotopic (exact) mass is 549 g/mol. The highest BCUT2D eigenvalue weighted by Gasteiger charge is 2.20. The minimum atomic E-state index is 0. The molecular formula is C22H40IN5O3. The normalized spacial score (nSPS) is 19.2. The van der Waals surface area contributed by atoms with Gasteiger partial charge in [-0.1, -0.05) is 0 Å². The minimum Gasteiger partial charge on any atom is -0.469 e. The van der Waals surface area contributed by atoms with Crippen LogP contribution in [0.3, 0.4) is 0 Å². The zero-order valence-corrected chi connectivity index (χ0v) is 21.2. The lowest BCUT2D eigenvalue weighted by Gasteiger charge is -2.33. The molecule has 0 unspecified atom stereocenters. The van der Waals surface area contributed by atoms with E-state index in [9.17, 15) is 0 Å². The highest BCUT2D eigenvalue weighted by atomic mass is 127. The Morgan fingerprint density at radius 2 is 1.94 bits per heavy atom. The summed E-state index contributed by atoms with van der Waals surface area (Å²) in [5.74, 6) is 1.92. The summed E-state index contributed by atoms with van der Waals surface area (Å²) in [6.07, 6.45) is 5.99. The lowest BCUT2D eigenvalue weighted by atomic mass is 10.1. The van der Waals surface area contributed by atoms with Crippen LogP contribution in [0.1, 0.15) is 25.0 Å². The summed E-state index contributed by atoms with van der Waals surface area (Å²) in [6, 6.07) is 4.43. The predicted molar refractivity (Wildman–Crippen MR) is 134 cm³/mol. The van der Waals surface area contributed by atoms with Crippen molar-refractivity contribution in [3.63, 3.8) is 0 Å². The van der Waals surface area contributed by atoms with Crippen LogP contribution < -0.4 is 10.6 Å². The second-order valence-corrected chi connectivity index (χ2v) is 8.05. The van der Waals surface area contributed by atoms with Gasteiger partial charge in [-0.25, -0.2) is 0 Å². The molecule has 1 aromatic heterocycles. The van der Waals surface area contributed by atoms with Crippen molar-refractivity contribution in [2.24, 2.45) is 4.99 Å². The molecule has 3 rings (SSSR count).